The Morgan fingerprint density at radius 1 is 0.446 bits per heavy atom. The van der Waals surface area contributed by atoms with E-state index in [0.29, 0.717) is 5.82 Å². The van der Waals surface area contributed by atoms with Crippen LogP contribution >= 0.6 is 0 Å². The summed E-state index contributed by atoms with van der Waals surface area (Å²) < 4.78 is 2.41. The van der Waals surface area contributed by atoms with Gasteiger partial charge < -0.3 is 9.47 Å². The van der Waals surface area contributed by atoms with Gasteiger partial charge in [0.25, 0.3) is 0 Å². The van der Waals surface area contributed by atoms with Gasteiger partial charge in [-0.2, -0.15) is 0 Å². The van der Waals surface area contributed by atoms with Crippen molar-refractivity contribution in [3.05, 3.63) is 217 Å². The first-order valence-corrected chi connectivity index (χ1v) is 19.2. The lowest BCUT2D eigenvalue weighted by molar-refractivity contribution is 0.759. The molecule has 2 atom stereocenters. The fraction of sp³-hybridized carbons (Fsp3) is 0.0385. The molecule has 0 amide bonds. The van der Waals surface area contributed by atoms with E-state index < -0.39 is 0 Å². The van der Waals surface area contributed by atoms with Gasteiger partial charge in [0.15, 0.2) is 5.82 Å². The van der Waals surface area contributed by atoms with Crippen LogP contribution in [0.5, 0.6) is 0 Å². The van der Waals surface area contributed by atoms with E-state index in [-0.39, 0.29) is 12.0 Å². The largest absolute Gasteiger partial charge is 0.333 e. The molecule has 3 heterocycles. The summed E-state index contributed by atoms with van der Waals surface area (Å²) in [6.45, 7) is 0. The number of nitrogens with zero attached hydrogens (tertiary/aromatic N) is 4. The van der Waals surface area contributed by atoms with Crippen LogP contribution in [0, 0.1) is 0 Å². The Morgan fingerprint density at radius 2 is 1.04 bits per heavy atom. The van der Waals surface area contributed by atoms with Crippen LogP contribution in [0.4, 0.5) is 11.4 Å². The number of anilines is 2. The van der Waals surface area contributed by atoms with Gasteiger partial charge in [-0.15, -0.1) is 0 Å². The maximum Gasteiger partial charge on any atom is 0.160 e. The Kier molecular flexibility index (Phi) is 7.59. The van der Waals surface area contributed by atoms with E-state index >= 15 is 0 Å². The molecule has 264 valence electrons. The molecular weight excluding hydrogens is 681 g/mol. The van der Waals surface area contributed by atoms with Crippen molar-refractivity contribution < 1.29 is 0 Å². The molecule has 0 N–H and O–H groups in total. The molecule has 0 fully saturated rings. The highest BCUT2D eigenvalue weighted by Gasteiger charge is 2.41. The lowest BCUT2D eigenvalue weighted by atomic mass is 9.80. The molecule has 0 saturated carbocycles. The predicted molar refractivity (Wildman–Crippen MR) is 231 cm³/mol. The SMILES string of the molecule is C1=CC2C(C(c3cccc(-n4c5ccccc5c5ccccc54)c3)=C1)c1ccccc1N2c1ccc(-c2nc(-c3ccccc3)cc(-c3ccccc3)n2)cc1. The number of hydrogen-bond acceptors (Lipinski definition) is 3. The molecule has 11 rings (SSSR count). The van der Waals surface area contributed by atoms with Crippen LogP contribution in [0.1, 0.15) is 17.0 Å². The molecule has 0 saturated heterocycles. The zero-order chi connectivity index (χ0) is 37.0. The van der Waals surface area contributed by atoms with Crippen LogP contribution in [0.2, 0.25) is 0 Å². The summed E-state index contributed by atoms with van der Waals surface area (Å²) >= 11 is 0. The Morgan fingerprint density at radius 3 is 1.71 bits per heavy atom. The molecule has 4 nitrogen and oxygen atoms in total. The van der Waals surface area contributed by atoms with E-state index in [2.05, 4.69) is 204 Å². The number of hydrogen-bond donors (Lipinski definition) is 0. The quantitative estimate of drug-likeness (QED) is 0.172. The zero-order valence-electron chi connectivity index (χ0n) is 30.6. The first kappa shape index (κ1) is 32.2. The topological polar surface area (TPSA) is 34.0 Å². The van der Waals surface area contributed by atoms with Gasteiger partial charge in [-0.3, -0.25) is 0 Å². The highest BCUT2D eigenvalue weighted by molar-refractivity contribution is 6.09. The van der Waals surface area contributed by atoms with Crippen molar-refractivity contribution in [2.45, 2.75) is 12.0 Å². The Hall–Kier alpha value is -7.30. The van der Waals surface area contributed by atoms with Crippen molar-refractivity contribution in [1.29, 1.82) is 0 Å². The van der Waals surface area contributed by atoms with E-state index in [4.69, 9.17) is 9.97 Å². The predicted octanol–water partition coefficient (Wildman–Crippen LogP) is 12.8. The smallest absolute Gasteiger partial charge is 0.160 e. The van der Waals surface area contributed by atoms with Crippen molar-refractivity contribution in [3.8, 4) is 39.6 Å². The monoisotopic (exact) mass is 716 g/mol. The molecule has 4 heteroatoms. The normalized spacial score (nSPS) is 15.9. The number of benzene rings is 7. The van der Waals surface area contributed by atoms with Gasteiger partial charge in [0, 0.05) is 50.4 Å². The van der Waals surface area contributed by atoms with Gasteiger partial charge in [0.05, 0.1) is 28.5 Å². The third-order valence-electron chi connectivity index (χ3n) is 11.4. The Labute approximate surface area is 326 Å². The fourth-order valence-corrected chi connectivity index (χ4v) is 8.86. The zero-order valence-corrected chi connectivity index (χ0v) is 30.6. The van der Waals surface area contributed by atoms with E-state index in [1.54, 1.807) is 0 Å². The van der Waals surface area contributed by atoms with Crippen LogP contribution in [0.3, 0.4) is 0 Å². The second-order valence-electron chi connectivity index (χ2n) is 14.6. The third kappa shape index (κ3) is 5.30. The molecule has 2 aliphatic rings. The van der Waals surface area contributed by atoms with Gasteiger partial charge in [0.2, 0.25) is 0 Å². The average molecular weight is 717 g/mol. The van der Waals surface area contributed by atoms with E-state index in [1.807, 2.05) is 12.1 Å². The third-order valence-corrected chi connectivity index (χ3v) is 11.4. The molecule has 9 aromatic rings. The van der Waals surface area contributed by atoms with E-state index in [0.717, 1.165) is 33.8 Å². The van der Waals surface area contributed by atoms with Crippen LogP contribution < -0.4 is 4.90 Å². The van der Waals surface area contributed by atoms with Crippen LogP contribution in [0.15, 0.2) is 206 Å². The minimum Gasteiger partial charge on any atom is -0.333 e. The molecule has 1 aliphatic heterocycles. The summed E-state index contributed by atoms with van der Waals surface area (Å²) in [6.07, 6.45) is 6.92. The Bertz CT molecular complexity index is 2870. The standard InChI is InChI=1S/C52H36N4/c1-3-15-35(16-4-1)45-34-46(36-17-5-2-6-18-36)54-52(53-45)37-29-31-39(32-30-37)55-49-27-12-9-23-44(49)51-41(24-14-28-50(51)55)38-19-13-20-40(33-38)56-47-25-10-7-21-42(47)43-22-8-11-26-48(43)56/h1-34,50-51H. The summed E-state index contributed by atoms with van der Waals surface area (Å²) in [5.74, 6) is 0.881. The van der Waals surface area contributed by atoms with Gasteiger partial charge in [-0.1, -0.05) is 146 Å². The number of allylic oxidation sites excluding steroid dienone is 2. The summed E-state index contributed by atoms with van der Waals surface area (Å²) in [4.78, 5) is 12.7. The number of rotatable bonds is 6. The molecular formula is C52H36N4. The van der Waals surface area contributed by atoms with Gasteiger partial charge >= 0.3 is 0 Å². The van der Waals surface area contributed by atoms with Crippen LogP contribution in [-0.2, 0) is 0 Å². The molecule has 7 aromatic carbocycles. The van der Waals surface area contributed by atoms with Crippen molar-refractivity contribution >= 4 is 38.8 Å². The minimum atomic E-state index is 0.123. The van der Waals surface area contributed by atoms with E-state index in [1.165, 1.54) is 49.9 Å². The van der Waals surface area contributed by atoms with Crippen molar-refractivity contribution in [2.24, 2.45) is 0 Å². The van der Waals surface area contributed by atoms with Crippen LogP contribution in [-0.4, -0.2) is 20.6 Å². The van der Waals surface area contributed by atoms with Gasteiger partial charge in [-0.05, 0) is 77.4 Å². The average Bonchev–Trinajstić information content (AvgIpc) is 3.80. The van der Waals surface area contributed by atoms with Crippen LogP contribution in [0.25, 0.3) is 67.0 Å². The lowest BCUT2D eigenvalue weighted by Crippen LogP contribution is -2.30. The summed E-state index contributed by atoms with van der Waals surface area (Å²) in [7, 11) is 0. The highest BCUT2D eigenvalue weighted by Crippen LogP contribution is 2.52. The molecule has 2 aromatic heterocycles. The molecule has 1 aliphatic carbocycles. The summed E-state index contributed by atoms with van der Waals surface area (Å²) in [5, 5.41) is 2.54. The number of para-hydroxylation sites is 3. The van der Waals surface area contributed by atoms with E-state index in [9.17, 15) is 0 Å². The maximum absolute atomic E-state index is 5.09. The molecule has 0 radical (unpaired) electrons. The highest BCUT2D eigenvalue weighted by atomic mass is 15.2. The van der Waals surface area contributed by atoms with Crippen molar-refractivity contribution in [3.63, 3.8) is 0 Å². The molecule has 0 spiro atoms. The number of aromatic nitrogens is 3. The first-order chi connectivity index (χ1) is 27.8. The minimum absolute atomic E-state index is 0.123. The molecule has 2 unspecified atom stereocenters. The first-order valence-electron chi connectivity index (χ1n) is 19.2. The molecule has 56 heavy (non-hydrogen) atoms. The second kappa shape index (κ2) is 13.2. The van der Waals surface area contributed by atoms with Gasteiger partial charge in [0.1, 0.15) is 0 Å². The number of fused-ring (bicyclic) bond motifs is 6. The lowest BCUT2D eigenvalue weighted by Gasteiger charge is -2.31. The van der Waals surface area contributed by atoms with Crippen molar-refractivity contribution in [2.75, 3.05) is 4.90 Å². The van der Waals surface area contributed by atoms with Crippen molar-refractivity contribution in [1.82, 2.24) is 14.5 Å². The maximum atomic E-state index is 5.09. The molecule has 0 bridgehead atoms. The fourth-order valence-electron chi connectivity index (χ4n) is 8.86. The van der Waals surface area contributed by atoms with Gasteiger partial charge in [-0.25, -0.2) is 9.97 Å². The summed E-state index contributed by atoms with van der Waals surface area (Å²) in [5.41, 5.74) is 14.8. The Balaban J connectivity index is 0.964. The second-order valence-corrected chi connectivity index (χ2v) is 14.6. The summed E-state index contributed by atoms with van der Waals surface area (Å²) in [6, 6.07) is 67.1.